The molecule has 0 radical (unpaired) electrons. The van der Waals surface area contributed by atoms with Crippen molar-refractivity contribution in [1.82, 2.24) is 10.3 Å². The SMILES string of the molecule is CC1CN(c2ncccc2S(C)(=O)=O)C(C)CN1. The van der Waals surface area contributed by atoms with Crippen LogP contribution in [0.15, 0.2) is 23.2 Å². The molecule has 2 heterocycles. The predicted octanol–water partition coefficient (Wildman–Crippen LogP) is 0.672. The molecule has 0 bridgehead atoms. The summed E-state index contributed by atoms with van der Waals surface area (Å²) in [6.07, 6.45) is 2.87. The van der Waals surface area contributed by atoms with Gasteiger partial charge in [0, 0.05) is 37.6 Å². The number of aromatic nitrogens is 1. The maximum absolute atomic E-state index is 11.8. The first-order chi connectivity index (χ1) is 8.39. The maximum Gasteiger partial charge on any atom is 0.179 e. The van der Waals surface area contributed by atoms with Gasteiger partial charge in [-0.25, -0.2) is 13.4 Å². The molecule has 2 atom stereocenters. The molecule has 2 rings (SSSR count). The van der Waals surface area contributed by atoms with E-state index >= 15 is 0 Å². The molecule has 6 heteroatoms. The fourth-order valence-corrected chi connectivity index (χ4v) is 3.03. The van der Waals surface area contributed by atoms with Gasteiger partial charge in [-0.05, 0) is 26.0 Å². The largest absolute Gasteiger partial charge is 0.350 e. The molecule has 1 aliphatic rings. The second-order valence-electron chi connectivity index (χ2n) is 4.91. The van der Waals surface area contributed by atoms with E-state index in [4.69, 9.17) is 0 Å². The van der Waals surface area contributed by atoms with Crippen LogP contribution >= 0.6 is 0 Å². The molecule has 0 spiro atoms. The molecule has 1 N–H and O–H groups in total. The van der Waals surface area contributed by atoms with Gasteiger partial charge in [0.1, 0.15) is 10.7 Å². The minimum absolute atomic E-state index is 0.233. The van der Waals surface area contributed by atoms with Gasteiger partial charge in [-0.15, -0.1) is 0 Å². The van der Waals surface area contributed by atoms with E-state index in [2.05, 4.69) is 29.0 Å². The molecule has 2 unspecified atom stereocenters. The zero-order chi connectivity index (χ0) is 13.3. The lowest BCUT2D eigenvalue weighted by atomic mass is 10.1. The molecule has 1 aromatic rings. The van der Waals surface area contributed by atoms with Gasteiger partial charge in [-0.1, -0.05) is 0 Å². The third kappa shape index (κ3) is 2.64. The van der Waals surface area contributed by atoms with E-state index in [0.29, 0.717) is 16.8 Å². The van der Waals surface area contributed by atoms with Gasteiger partial charge in [0.15, 0.2) is 9.84 Å². The molecule has 18 heavy (non-hydrogen) atoms. The quantitative estimate of drug-likeness (QED) is 0.855. The molecule has 0 saturated carbocycles. The summed E-state index contributed by atoms with van der Waals surface area (Å²) in [5, 5.41) is 3.37. The highest BCUT2D eigenvalue weighted by molar-refractivity contribution is 7.90. The van der Waals surface area contributed by atoms with Gasteiger partial charge in [0.2, 0.25) is 0 Å². The van der Waals surface area contributed by atoms with Crippen LogP contribution in [0.4, 0.5) is 5.82 Å². The molecule has 1 aromatic heterocycles. The van der Waals surface area contributed by atoms with Gasteiger partial charge in [-0.2, -0.15) is 0 Å². The number of nitrogens with one attached hydrogen (secondary N) is 1. The lowest BCUT2D eigenvalue weighted by Gasteiger charge is -2.39. The smallest absolute Gasteiger partial charge is 0.179 e. The average molecular weight is 269 g/mol. The Morgan fingerprint density at radius 3 is 2.83 bits per heavy atom. The van der Waals surface area contributed by atoms with Crippen LogP contribution < -0.4 is 10.2 Å². The third-order valence-electron chi connectivity index (χ3n) is 3.19. The first kappa shape index (κ1) is 13.3. The Kier molecular flexibility index (Phi) is 3.59. The van der Waals surface area contributed by atoms with E-state index < -0.39 is 9.84 Å². The number of nitrogens with zero attached hydrogens (tertiary/aromatic N) is 2. The van der Waals surface area contributed by atoms with Crippen LogP contribution in [0.5, 0.6) is 0 Å². The van der Waals surface area contributed by atoms with Crippen molar-refractivity contribution in [3.8, 4) is 0 Å². The zero-order valence-electron chi connectivity index (χ0n) is 10.9. The summed E-state index contributed by atoms with van der Waals surface area (Å²) in [4.78, 5) is 6.65. The molecular weight excluding hydrogens is 250 g/mol. The molecule has 0 aliphatic carbocycles. The van der Waals surface area contributed by atoms with Crippen molar-refractivity contribution in [2.24, 2.45) is 0 Å². The van der Waals surface area contributed by atoms with Crippen molar-refractivity contribution in [2.75, 3.05) is 24.2 Å². The second-order valence-corrected chi connectivity index (χ2v) is 6.89. The number of sulfone groups is 1. The Morgan fingerprint density at radius 2 is 2.17 bits per heavy atom. The maximum atomic E-state index is 11.8. The molecule has 1 fully saturated rings. The van der Waals surface area contributed by atoms with E-state index in [1.54, 1.807) is 18.3 Å². The van der Waals surface area contributed by atoms with Gasteiger partial charge in [-0.3, -0.25) is 0 Å². The Balaban J connectivity index is 2.44. The number of hydrogen-bond donors (Lipinski definition) is 1. The number of piperazine rings is 1. The lowest BCUT2D eigenvalue weighted by molar-refractivity contribution is 0.420. The summed E-state index contributed by atoms with van der Waals surface area (Å²) in [7, 11) is -3.25. The summed E-state index contributed by atoms with van der Waals surface area (Å²) in [6, 6.07) is 3.85. The van der Waals surface area contributed by atoms with Gasteiger partial charge in [0.05, 0.1) is 0 Å². The molecule has 0 amide bonds. The first-order valence-corrected chi connectivity index (χ1v) is 7.94. The monoisotopic (exact) mass is 269 g/mol. The average Bonchev–Trinajstić information content (AvgIpc) is 2.31. The number of anilines is 1. The highest BCUT2D eigenvalue weighted by Gasteiger charge is 2.27. The number of rotatable bonds is 2. The molecule has 100 valence electrons. The van der Waals surface area contributed by atoms with Crippen molar-refractivity contribution in [2.45, 2.75) is 30.8 Å². The Morgan fingerprint density at radius 1 is 1.44 bits per heavy atom. The van der Waals surface area contributed by atoms with Crippen LogP contribution in [0.3, 0.4) is 0 Å². The highest BCUT2D eigenvalue weighted by atomic mass is 32.2. The Labute approximate surface area is 108 Å². The summed E-state index contributed by atoms with van der Waals surface area (Å²) < 4.78 is 23.6. The van der Waals surface area contributed by atoms with Crippen molar-refractivity contribution >= 4 is 15.7 Å². The molecule has 1 aliphatic heterocycles. The van der Waals surface area contributed by atoms with Gasteiger partial charge < -0.3 is 10.2 Å². The van der Waals surface area contributed by atoms with Crippen LogP contribution in [0, 0.1) is 0 Å². The molecule has 5 nitrogen and oxygen atoms in total. The van der Waals surface area contributed by atoms with Crippen molar-refractivity contribution in [3.63, 3.8) is 0 Å². The summed E-state index contributed by atoms with van der Waals surface area (Å²) >= 11 is 0. The molecular formula is C12H19N3O2S. The molecule has 0 aromatic carbocycles. The first-order valence-electron chi connectivity index (χ1n) is 6.04. The highest BCUT2D eigenvalue weighted by Crippen LogP contribution is 2.25. The minimum atomic E-state index is -3.25. The summed E-state index contributed by atoms with van der Waals surface area (Å²) in [5.41, 5.74) is 0. The third-order valence-corrected chi connectivity index (χ3v) is 4.30. The van der Waals surface area contributed by atoms with E-state index in [0.717, 1.165) is 13.1 Å². The van der Waals surface area contributed by atoms with Gasteiger partial charge in [0.25, 0.3) is 0 Å². The Bertz CT molecular complexity index is 530. The predicted molar refractivity (Wildman–Crippen MR) is 71.6 cm³/mol. The van der Waals surface area contributed by atoms with E-state index in [-0.39, 0.29) is 6.04 Å². The number of pyridine rings is 1. The van der Waals surface area contributed by atoms with Crippen LogP contribution in [0.2, 0.25) is 0 Å². The van der Waals surface area contributed by atoms with Gasteiger partial charge >= 0.3 is 0 Å². The molecule has 1 saturated heterocycles. The van der Waals surface area contributed by atoms with E-state index in [1.165, 1.54) is 6.26 Å². The zero-order valence-corrected chi connectivity index (χ0v) is 11.7. The fourth-order valence-electron chi connectivity index (χ4n) is 2.20. The standard InChI is InChI=1S/C12H19N3O2S/c1-9-8-15(10(2)7-14-9)12-11(18(3,16)17)5-4-6-13-12/h4-6,9-10,14H,7-8H2,1-3H3. The van der Waals surface area contributed by atoms with Crippen molar-refractivity contribution < 1.29 is 8.42 Å². The topological polar surface area (TPSA) is 62.3 Å². The number of hydrogen-bond acceptors (Lipinski definition) is 5. The van der Waals surface area contributed by atoms with Crippen LogP contribution in [-0.4, -0.2) is 44.8 Å². The summed E-state index contributed by atoms with van der Waals surface area (Å²) in [6.45, 7) is 5.75. The van der Waals surface area contributed by atoms with E-state index in [1.807, 2.05) is 0 Å². The Hall–Kier alpha value is -1.14. The van der Waals surface area contributed by atoms with Crippen molar-refractivity contribution in [3.05, 3.63) is 18.3 Å². The van der Waals surface area contributed by atoms with Crippen LogP contribution in [0.1, 0.15) is 13.8 Å². The lowest BCUT2D eigenvalue weighted by Crippen LogP contribution is -2.55. The normalized spacial score (nSPS) is 25.2. The van der Waals surface area contributed by atoms with Crippen LogP contribution in [-0.2, 0) is 9.84 Å². The van der Waals surface area contributed by atoms with Crippen LogP contribution in [0.25, 0.3) is 0 Å². The minimum Gasteiger partial charge on any atom is -0.350 e. The second kappa shape index (κ2) is 4.85. The fraction of sp³-hybridized carbons (Fsp3) is 0.583. The van der Waals surface area contributed by atoms with Crippen molar-refractivity contribution in [1.29, 1.82) is 0 Å². The van der Waals surface area contributed by atoms with E-state index in [9.17, 15) is 8.42 Å². The summed E-state index contributed by atoms with van der Waals surface area (Å²) in [5.74, 6) is 0.570.